The van der Waals surface area contributed by atoms with Gasteiger partial charge in [0.25, 0.3) is 0 Å². The Kier molecular flexibility index (Phi) is 3.82. The van der Waals surface area contributed by atoms with Crippen LogP contribution in [0.4, 0.5) is 5.82 Å². The fraction of sp³-hybridized carbons (Fsp3) is 0.500. The minimum atomic E-state index is 0.162. The summed E-state index contributed by atoms with van der Waals surface area (Å²) in [7, 11) is 0. The number of hydrogen-bond acceptors (Lipinski definition) is 4. The van der Waals surface area contributed by atoms with E-state index in [0.717, 1.165) is 19.4 Å². The molecule has 2 atom stereocenters. The number of nitriles is 1. The molecule has 2 unspecified atom stereocenters. The Labute approximate surface area is 106 Å². The predicted octanol–water partition coefficient (Wildman–Crippen LogP) is 2.59. The molecule has 1 aromatic rings. The van der Waals surface area contributed by atoms with Crippen LogP contribution in [0.1, 0.15) is 25.3 Å². The molecule has 1 aromatic heterocycles. The summed E-state index contributed by atoms with van der Waals surface area (Å²) >= 11 is 5.84. The summed E-state index contributed by atoms with van der Waals surface area (Å²) < 4.78 is 5.59. The molecule has 1 fully saturated rings. The van der Waals surface area contributed by atoms with Crippen molar-refractivity contribution in [3.63, 3.8) is 0 Å². The Morgan fingerprint density at radius 3 is 3.12 bits per heavy atom. The van der Waals surface area contributed by atoms with Crippen LogP contribution in [0, 0.1) is 11.3 Å². The molecule has 2 heterocycles. The molecule has 2 rings (SSSR count). The number of rotatable bonds is 3. The van der Waals surface area contributed by atoms with E-state index in [0.29, 0.717) is 16.5 Å². The van der Waals surface area contributed by atoms with E-state index in [-0.39, 0.29) is 12.1 Å². The average Bonchev–Trinajstić information content (AvgIpc) is 2.81. The fourth-order valence-corrected chi connectivity index (χ4v) is 2.17. The van der Waals surface area contributed by atoms with Gasteiger partial charge in [-0.2, -0.15) is 5.26 Å². The standard InChI is InChI=1S/C12H14ClN3O/c1-8(10-3-2-4-17-10)15-12-6-9(7-14)5-11(13)16-12/h5-6,8,10H,2-4H2,1H3,(H,15,16). The van der Waals surface area contributed by atoms with Crippen LogP contribution in [-0.2, 0) is 4.74 Å². The van der Waals surface area contributed by atoms with E-state index in [1.54, 1.807) is 12.1 Å². The Morgan fingerprint density at radius 1 is 1.65 bits per heavy atom. The van der Waals surface area contributed by atoms with Crippen molar-refractivity contribution in [2.24, 2.45) is 0 Å². The molecule has 1 N–H and O–H groups in total. The number of pyridine rings is 1. The van der Waals surface area contributed by atoms with Crippen LogP contribution in [-0.4, -0.2) is 23.7 Å². The minimum absolute atomic E-state index is 0.162. The molecule has 0 aromatic carbocycles. The molecule has 17 heavy (non-hydrogen) atoms. The first kappa shape index (κ1) is 12.2. The maximum absolute atomic E-state index is 8.84. The van der Waals surface area contributed by atoms with Gasteiger partial charge >= 0.3 is 0 Å². The topological polar surface area (TPSA) is 57.9 Å². The number of hydrogen-bond donors (Lipinski definition) is 1. The van der Waals surface area contributed by atoms with Crippen LogP contribution < -0.4 is 5.32 Å². The summed E-state index contributed by atoms with van der Waals surface area (Å²) in [5.74, 6) is 0.622. The van der Waals surface area contributed by atoms with Crippen LogP contribution in [0.25, 0.3) is 0 Å². The molecule has 0 spiro atoms. The molecule has 5 heteroatoms. The molecule has 0 bridgehead atoms. The van der Waals surface area contributed by atoms with Gasteiger partial charge in [0.15, 0.2) is 0 Å². The van der Waals surface area contributed by atoms with Crippen molar-refractivity contribution in [2.45, 2.75) is 31.9 Å². The highest BCUT2D eigenvalue weighted by Gasteiger charge is 2.22. The van der Waals surface area contributed by atoms with E-state index in [4.69, 9.17) is 21.6 Å². The van der Waals surface area contributed by atoms with Gasteiger partial charge in [0.2, 0.25) is 0 Å². The van der Waals surface area contributed by atoms with Crippen LogP contribution >= 0.6 is 11.6 Å². The van der Waals surface area contributed by atoms with Crippen molar-refractivity contribution in [2.75, 3.05) is 11.9 Å². The average molecular weight is 252 g/mol. The monoisotopic (exact) mass is 251 g/mol. The summed E-state index contributed by atoms with van der Waals surface area (Å²) in [4.78, 5) is 4.14. The predicted molar refractivity (Wildman–Crippen MR) is 66.0 cm³/mol. The molecule has 0 amide bonds. The molecule has 4 nitrogen and oxygen atoms in total. The summed E-state index contributed by atoms with van der Waals surface area (Å²) in [5, 5.41) is 12.4. The second-order valence-corrected chi connectivity index (χ2v) is 4.55. The van der Waals surface area contributed by atoms with Crippen molar-refractivity contribution in [3.8, 4) is 6.07 Å². The Hall–Kier alpha value is -1.31. The van der Waals surface area contributed by atoms with Gasteiger partial charge in [-0.25, -0.2) is 4.98 Å². The van der Waals surface area contributed by atoms with Gasteiger partial charge < -0.3 is 10.1 Å². The lowest BCUT2D eigenvalue weighted by Gasteiger charge is -2.20. The minimum Gasteiger partial charge on any atom is -0.376 e. The Balaban J connectivity index is 2.07. The summed E-state index contributed by atoms with van der Waals surface area (Å²) in [6, 6.07) is 5.45. The van der Waals surface area contributed by atoms with Crippen molar-refractivity contribution in [1.82, 2.24) is 4.98 Å². The molecule has 1 saturated heterocycles. The third-order valence-electron chi connectivity index (χ3n) is 2.82. The number of aromatic nitrogens is 1. The highest BCUT2D eigenvalue weighted by atomic mass is 35.5. The van der Waals surface area contributed by atoms with Gasteiger partial charge in [0.05, 0.1) is 23.8 Å². The fourth-order valence-electron chi connectivity index (χ4n) is 1.96. The zero-order valence-corrected chi connectivity index (χ0v) is 10.4. The molecule has 1 aliphatic rings. The maximum Gasteiger partial charge on any atom is 0.132 e. The quantitative estimate of drug-likeness (QED) is 0.839. The highest BCUT2D eigenvalue weighted by molar-refractivity contribution is 6.29. The molecule has 0 radical (unpaired) electrons. The molecule has 0 saturated carbocycles. The number of nitrogens with zero attached hydrogens (tertiary/aromatic N) is 2. The zero-order valence-electron chi connectivity index (χ0n) is 9.61. The lowest BCUT2D eigenvalue weighted by atomic mass is 10.1. The third-order valence-corrected chi connectivity index (χ3v) is 3.01. The van der Waals surface area contributed by atoms with E-state index in [1.165, 1.54) is 0 Å². The molecular formula is C12H14ClN3O. The van der Waals surface area contributed by atoms with Crippen molar-refractivity contribution < 1.29 is 4.74 Å². The van der Waals surface area contributed by atoms with E-state index in [1.807, 2.05) is 6.92 Å². The van der Waals surface area contributed by atoms with E-state index in [9.17, 15) is 0 Å². The van der Waals surface area contributed by atoms with Crippen molar-refractivity contribution >= 4 is 17.4 Å². The summed E-state index contributed by atoms with van der Waals surface area (Å²) in [6.45, 7) is 2.87. The SMILES string of the molecule is CC(Nc1cc(C#N)cc(Cl)n1)C1CCCO1. The highest BCUT2D eigenvalue weighted by Crippen LogP contribution is 2.20. The number of anilines is 1. The number of ether oxygens (including phenoxy) is 1. The van der Waals surface area contributed by atoms with E-state index >= 15 is 0 Å². The summed E-state index contributed by atoms with van der Waals surface area (Å²) in [5.41, 5.74) is 0.507. The van der Waals surface area contributed by atoms with Crippen LogP contribution in [0.3, 0.4) is 0 Å². The lowest BCUT2D eigenvalue weighted by molar-refractivity contribution is 0.0995. The number of nitrogens with one attached hydrogen (secondary N) is 1. The molecular weight excluding hydrogens is 238 g/mol. The van der Waals surface area contributed by atoms with Gasteiger partial charge in [-0.1, -0.05) is 11.6 Å². The second kappa shape index (κ2) is 5.35. The van der Waals surface area contributed by atoms with Gasteiger partial charge in [-0.3, -0.25) is 0 Å². The number of halogens is 1. The largest absolute Gasteiger partial charge is 0.376 e. The summed E-state index contributed by atoms with van der Waals surface area (Å²) in [6.07, 6.45) is 2.37. The normalized spacial score (nSPS) is 20.9. The van der Waals surface area contributed by atoms with Crippen LogP contribution in [0.2, 0.25) is 5.15 Å². The second-order valence-electron chi connectivity index (χ2n) is 4.16. The zero-order chi connectivity index (χ0) is 12.3. The smallest absolute Gasteiger partial charge is 0.132 e. The Morgan fingerprint density at radius 2 is 2.47 bits per heavy atom. The van der Waals surface area contributed by atoms with Crippen molar-refractivity contribution in [3.05, 3.63) is 22.8 Å². The van der Waals surface area contributed by atoms with Crippen molar-refractivity contribution in [1.29, 1.82) is 5.26 Å². The first-order valence-electron chi connectivity index (χ1n) is 5.65. The third kappa shape index (κ3) is 3.09. The maximum atomic E-state index is 8.84. The molecule has 90 valence electrons. The van der Waals surface area contributed by atoms with Gasteiger partial charge in [0.1, 0.15) is 11.0 Å². The Bertz CT molecular complexity index is 438. The van der Waals surface area contributed by atoms with Gasteiger partial charge in [0, 0.05) is 6.61 Å². The molecule has 0 aliphatic carbocycles. The first-order valence-corrected chi connectivity index (χ1v) is 6.02. The first-order chi connectivity index (χ1) is 8.19. The van der Waals surface area contributed by atoms with E-state index in [2.05, 4.69) is 16.4 Å². The molecule has 1 aliphatic heterocycles. The van der Waals surface area contributed by atoms with Crippen LogP contribution in [0.15, 0.2) is 12.1 Å². The van der Waals surface area contributed by atoms with Gasteiger partial charge in [-0.05, 0) is 31.9 Å². The van der Waals surface area contributed by atoms with Gasteiger partial charge in [-0.15, -0.1) is 0 Å². The van der Waals surface area contributed by atoms with Crippen LogP contribution in [0.5, 0.6) is 0 Å². The lowest BCUT2D eigenvalue weighted by Crippen LogP contribution is -2.30. The van der Waals surface area contributed by atoms with E-state index < -0.39 is 0 Å².